The van der Waals surface area contributed by atoms with E-state index in [0.29, 0.717) is 11.5 Å². The van der Waals surface area contributed by atoms with Gasteiger partial charge in [-0.25, -0.2) is 9.97 Å². The topological polar surface area (TPSA) is 44.9 Å². The smallest absolute Gasteiger partial charge is 0.253 e. The SMILES string of the molecule is c1ccc(-c2cccc(-c3ccccc3)c2B2c3ccnc(-n4c5ccccc5c5ccccc54)c3Oc3c2ccnc3-n2c3ccccc3c3ccccc32)cc1. The summed E-state index contributed by atoms with van der Waals surface area (Å²) in [6.45, 7) is -0.255. The summed E-state index contributed by atoms with van der Waals surface area (Å²) in [5.41, 5.74) is 12.2. The van der Waals surface area contributed by atoms with Gasteiger partial charge in [-0.1, -0.05) is 157 Å². The molecule has 1 aliphatic heterocycles. The Morgan fingerprint density at radius 1 is 0.362 bits per heavy atom. The molecule has 6 heteroatoms. The predicted octanol–water partition coefficient (Wildman–Crippen LogP) is 10.6. The van der Waals surface area contributed by atoms with Crippen molar-refractivity contribution >= 4 is 66.7 Å². The maximum atomic E-state index is 7.46. The van der Waals surface area contributed by atoms with Crippen molar-refractivity contribution in [2.45, 2.75) is 0 Å². The van der Waals surface area contributed by atoms with Crippen molar-refractivity contribution in [1.29, 1.82) is 0 Å². The predicted molar refractivity (Wildman–Crippen MR) is 239 cm³/mol. The number of pyridine rings is 2. The molecule has 0 bridgehead atoms. The molecule has 270 valence electrons. The van der Waals surface area contributed by atoms with Crippen LogP contribution in [0.2, 0.25) is 0 Å². The van der Waals surface area contributed by atoms with E-state index in [9.17, 15) is 0 Å². The molecule has 0 amide bonds. The second-order valence-electron chi connectivity index (χ2n) is 14.9. The Morgan fingerprint density at radius 3 is 1.12 bits per heavy atom. The summed E-state index contributed by atoms with van der Waals surface area (Å²) >= 11 is 0. The molecule has 0 atom stereocenters. The minimum absolute atomic E-state index is 0.255. The number of hydrogen-bond donors (Lipinski definition) is 0. The van der Waals surface area contributed by atoms with Gasteiger partial charge in [-0.2, -0.15) is 0 Å². The van der Waals surface area contributed by atoms with Crippen LogP contribution in [0.4, 0.5) is 0 Å². The van der Waals surface area contributed by atoms with Gasteiger partial charge in [0.25, 0.3) is 6.71 Å². The summed E-state index contributed by atoms with van der Waals surface area (Å²) in [6.07, 6.45) is 3.89. The number of nitrogens with zero attached hydrogens (tertiary/aromatic N) is 4. The first-order chi connectivity index (χ1) is 28.8. The molecule has 58 heavy (non-hydrogen) atoms. The highest BCUT2D eigenvalue weighted by atomic mass is 16.5. The van der Waals surface area contributed by atoms with E-state index >= 15 is 0 Å². The summed E-state index contributed by atoms with van der Waals surface area (Å²) in [5.74, 6) is 2.90. The minimum atomic E-state index is -0.255. The summed E-state index contributed by atoms with van der Waals surface area (Å²) in [5, 5.41) is 4.66. The molecule has 7 aromatic carbocycles. The number of para-hydroxylation sites is 4. The summed E-state index contributed by atoms with van der Waals surface area (Å²) < 4.78 is 12.0. The van der Waals surface area contributed by atoms with Crippen LogP contribution in [-0.2, 0) is 0 Å². The van der Waals surface area contributed by atoms with Crippen molar-refractivity contribution in [3.63, 3.8) is 0 Å². The molecule has 0 radical (unpaired) electrons. The van der Waals surface area contributed by atoms with E-state index < -0.39 is 0 Å². The Morgan fingerprint density at radius 2 is 0.724 bits per heavy atom. The Balaban J connectivity index is 1.23. The third-order valence-electron chi connectivity index (χ3n) is 11.8. The standard InChI is InChI=1S/C52H33BN4O/c1-3-16-34(17-4-1)36-24-15-25-37(35-18-5-2-6-19-35)48(36)53-42-30-32-54-51(56-44-26-11-7-20-38(44)39-21-8-12-27-45(39)56)49(42)58-50-43(53)31-33-55-52(50)57-46-28-13-9-22-40(46)41-23-10-14-29-47(41)57/h1-33H. The van der Waals surface area contributed by atoms with Gasteiger partial charge in [-0.3, -0.25) is 9.13 Å². The van der Waals surface area contributed by atoms with Crippen LogP contribution in [0.1, 0.15) is 0 Å². The molecular formula is C52H33BN4O. The van der Waals surface area contributed by atoms with Crippen molar-refractivity contribution < 1.29 is 4.74 Å². The van der Waals surface area contributed by atoms with Crippen LogP contribution in [0.3, 0.4) is 0 Å². The zero-order valence-electron chi connectivity index (χ0n) is 31.3. The van der Waals surface area contributed by atoms with Gasteiger partial charge in [0.1, 0.15) is 0 Å². The maximum absolute atomic E-state index is 7.46. The van der Waals surface area contributed by atoms with Gasteiger partial charge in [-0.05, 0) is 69.6 Å². The first-order valence-electron chi connectivity index (χ1n) is 19.7. The van der Waals surface area contributed by atoms with Gasteiger partial charge < -0.3 is 4.74 Å². The molecule has 5 nitrogen and oxygen atoms in total. The molecule has 0 unspecified atom stereocenters. The van der Waals surface area contributed by atoms with Gasteiger partial charge in [0.2, 0.25) is 0 Å². The maximum Gasteiger partial charge on any atom is 0.253 e. The van der Waals surface area contributed by atoms with Crippen molar-refractivity contribution in [3.05, 3.63) is 200 Å². The second kappa shape index (κ2) is 12.9. The van der Waals surface area contributed by atoms with E-state index in [1.807, 2.05) is 12.4 Å². The number of ether oxygens (including phenoxy) is 1. The van der Waals surface area contributed by atoms with Gasteiger partial charge in [0.05, 0.1) is 22.1 Å². The molecule has 0 fully saturated rings. The van der Waals surface area contributed by atoms with E-state index in [2.05, 4.69) is 197 Å². The molecule has 12 rings (SSSR count). The van der Waals surface area contributed by atoms with Crippen LogP contribution in [-0.4, -0.2) is 25.8 Å². The largest absolute Gasteiger partial charge is 0.451 e. The lowest BCUT2D eigenvalue weighted by Crippen LogP contribution is -2.56. The highest BCUT2D eigenvalue weighted by Gasteiger charge is 2.40. The zero-order valence-corrected chi connectivity index (χ0v) is 31.3. The first kappa shape index (κ1) is 32.5. The van der Waals surface area contributed by atoms with E-state index in [-0.39, 0.29) is 6.71 Å². The fraction of sp³-hybridized carbons (Fsp3) is 0. The molecule has 0 saturated heterocycles. The van der Waals surface area contributed by atoms with Crippen molar-refractivity contribution in [1.82, 2.24) is 19.1 Å². The van der Waals surface area contributed by atoms with Crippen molar-refractivity contribution in [2.75, 3.05) is 0 Å². The molecule has 5 heterocycles. The Hall–Kier alpha value is -7.70. The monoisotopic (exact) mass is 740 g/mol. The number of aromatic nitrogens is 4. The Kier molecular flexibility index (Phi) is 7.26. The summed E-state index contributed by atoms with van der Waals surface area (Å²) in [6, 6.07) is 66.7. The van der Waals surface area contributed by atoms with Crippen LogP contribution in [0, 0.1) is 0 Å². The van der Waals surface area contributed by atoms with Crippen LogP contribution in [0.25, 0.3) is 77.5 Å². The Labute approximate surface area is 335 Å². The third-order valence-corrected chi connectivity index (χ3v) is 11.8. The van der Waals surface area contributed by atoms with Crippen LogP contribution < -0.4 is 21.1 Å². The quantitative estimate of drug-likeness (QED) is 0.165. The second-order valence-corrected chi connectivity index (χ2v) is 14.9. The van der Waals surface area contributed by atoms with E-state index in [4.69, 9.17) is 14.7 Å². The summed E-state index contributed by atoms with van der Waals surface area (Å²) in [4.78, 5) is 10.4. The molecule has 0 saturated carbocycles. The van der Waals surface area contributed by atoms with Gasteiger partial charge in [-0.15, -0.1) is 0 Å². The lowest BCUT2D eigenvalue weighted by atomic mass is 9.34. The molecule has 11 aromatic rings. The van der Waals surface area contributed by atoms with Gasteiger partial charge in [0.15, 0.2) is 23.1 Å². The lowest BCUT2D eigenvalue weighted by molar-refractivity contribution is 0.478. The number of rotatable bonds is 5. The van der Waals surface area contributed by atoms with E-state index in [0.717, 1.165) is 66.9 Å². The fourth-order valence-electron chi connectivity index (χ4n) is 9.38. The van der Waals surface area contributed by atoms with Crippen molar-refractivity contribution in [3.8, 4) is 45.4 Å². The number of fused-ring (bicyclic) bond motifs is 8. The number of benzene rings is 7. The minimum Gasteiger partial charge on any atom is -0.451 e. The molecule has 0 aliphatic carbocycles. The molecule has 0 N–H and O–H groups in total. The van der Waals surface area contributed by atoms with E-state index in [1.54, 1.807) is 0 Å². The van der Waals surface area contributed by atoms with Crippen LogP contribution >= 0.6 is 0 Å². The van der Waals surface area contributed by atoms with Gasteiger partial charge in [0, 0.05) is 33.9 Å². The average molecular weight is 741 g/mol. The lowest BCUT2D eigenvalue weighted by Gasteiger charge is -2.31. The zero-order chi connectivity index (χ0) is 38.2. The van der Waals surface area contributed by atoms with E-state index in [1.165, 1.54) is 27.0 Å². The highest BCUT2D eigenvalue weighted by Crippen LogP contribution is 2.41. The van der Waals surface area contributed by atoms with Crippen molar-refractivity contribution in [2.24, 2.45) is 0 Å². The summed E-state index contributed by atoms with van der Waals surface area (Å²) in [7, 11) is 0. The molecule has 4 aromatic heterocycles. The molecule has 0 spiro atoms. The third kappa shape index (κ3) is 4.78. The average Bonchev–Trinajstić information content (AvgIpc) is 3.81. The normalized spacial score (nSPS) is 12.2. The number of hydrogen-bond acceptors (Lipinski definition) is 3. The van der Waals surface area contributed by atoms with Crippen LogP contribution in [0.5, 0.6) is 11.5 Å². The first-order valence-corrected chi connectivity index (χ1v) is 19.7. The molecule has 1 aliphatic rings. The molecular weight excluding hydrogens is 707 g/mol. The fourth-order valence-corrected chi connectivity index (χ4v) is 9.38. The van der Waals surface area contributed by atoms with Gasteiger partial charge >= 0.3 is 0 Å². The highest BCUT2D eigenvalue weighted by molar-refractivity contribution is 6.98. The Bertz CT molecular complexity index is 3060. The van der Waals surface area contributed by atoms with Crippen LogP contribution in [0.15, 0.2) is 200 Å².